The van der Waals surface area contributed by atoms with Crippen LogP contribution in [0.3, 0.4) is 0 Å². The molecular weight excluding hydrogens is 386 g/mol. The highest BCUT2D eigenvalue weighted by molar-refractivity contribution is 8.01. The number of carbonyl (C=O) groups excluding carboxylic acids is 2. The summed E-state index contributed by atoms with van der Waals surface area (Å²) in [5.74, 6) is -0.230. The van der Waals surface area contributed by atoms with E-state index in [0.717, 1.165) is 49.0 Å². The van der Waals surface area contributed by atoms with Gasteiger partial charge in [0.1, 0.15) is 0 Å². The number of hydrogen-bond acceptors (Lipinski definition) is 5. The first-order valence-corrected chi connectivity index (χ1v) is 10.8. The summed E-state index contributed by atoms with van der Waals surface area (Å²) in [6.07, 6.45) is 0.165. The van der Waals surface area contributed by atoms with Crippen molar-refractivity contribution in [2.24, 2.45) is 0 Å². The minimum atomic E-state index is -0.405. The van der Waals surface area contributed by atoms with Crippen LogP contribution in [-0.2, 0) is 27.4 Å². The van der Waals surface area contributed by atoms with Gasteiger partial charge >= 0.3 is 0 Å². The zero-order valence-electron chi connectivity index (χ0n) is 16.2. The number of para-hydroxylation sites is 1. The number of hydrogen-bond donors (Lipinski definition) is 2. The monoisotopic (exact) mass is 411 g/mol. The van der Waals surface area contributed by atoms with Crippen LogP contribution in [0.25, 0.3) is 0 Å². The van der Waals surface area contributed by atoms with Gasteiger partial charge in [0.2, 0.25) is 11.8 Å². The van der Waals surface area contributed by atoms with Crippen LogP contribution in [0, 0.1) is 0 Å². The molecule has 1 fully saturated rings. The number of benzene rings is 2. The van der Waals surface area contributed by atoms with Crippen molar-refractivity contribution in [3.05, 3.63) is 59.7 Å². The smallest absolute Gasteiger partial charge is 0.238 e. The van der Waals surface area contributed by atoms with Gasteiger partial charge in [-0.25, -0.2) is 0 Å². The number of thioether (sulfide) groups is 1. The number of amides is 2. The van der Waals surface area contributed by atoms with Crippen LogP contribution < -0.4 is 10.6 Å². The van der Waals surface area contributed by atoms with Crippen molar-refractivity contribution in [3.8, 4) is 0 Å². The highest BCUT2D eigenvalue weighted by atomic mass is 32.2. The topological polar surface area (TPSA) is 70.7 Å². The molecule has 4 rings (SSSR count). The molecule has 2 N–H and O–H groups in total. The van der Waals surface area contributed by atoms with E-state index in [2.05, 4.69) is 27.7 Å². The second-order valence-electron chi connectivity index (χ2n) is 7.28. The van der Waals surface area contributed by atoms with Crippen molar-refractivity contribution in [3.63, 3.8) is 0 Å². The third kappa shape index (κ3) is 5.38. The number of carbonyl (C=O) groups is 2. The van der Waals surface area contributed by atoms with Crippen molar-refractivity contribution >= 4 is 29.3 Å². The molecule has 2 heterocycles. The van der Waals surface area contributed by atoms with Gasteiger partial charge in [-0.3, -0.25) is 14.5 Å². The van der Waals surface area contributed by atoms with E-state index >= 15 is 0 Å². The maximum Gasteiger partial charge on any atom is 0.238 e. The van der Waals surface area contributed by atoms with Gasteiger partial charge in [0.05, 0.1) is 24.2 Å². The summed E-state index contributed by atoms with van der Waals surface area (Å²) < 4.78 is 5.40. The quantitative estimate of drug-likeness (QED) is 0.765. The lowest BCUT2D eigenvalue weighted by Gasteiger charge is -2.26. The van der Waals surface area contributed by atoms with Crippen molar-refractivity contribution in [2.75, 3.05) is 31.6 Å². The maximum atomic E-state index is 12.4. The molecule has 2 aromatic rings. The Balaban J connectivity index is 1.28. The highest BCUT2D eigenvalue weighted by Crippen LogP contribution is 2.36. The Morgan fingerprint density at radius 2 is 1.93 bits per heavy atom. The lowest BCUT2D eigenvalue weighted by molar-refractivity contribution is -0.124. The SMILES string of the molecule is O=C(CC1Sc2ccccc2NC1=O)NCc1cccc(CN2CCOCC2)c1. The molecule has 1 saturated heterocycles. The summed E-state index contributed by atoms with van der Waals surface area (Å²) in [6.45, 7) is 4.82. The molecule has 1 unspecified atom stereocenters. The standard InChI is InChI=1S/C22H25N3O3S/c26-21(13-20-22(27)24-18-6-1-2-7-19(18)29-20)23-14-16-4-3-5-17(12-16)15-25-8-10-28-11-9-25/h1-7,12,20H,8-11,13-15H2,(H,23,26)(H,24,27). The Bertz CT molecular complexity index is 883. The van der Waals surface area contributed by atoms with Gasteiger partial charge in [0.25, 0.3) is 0 Å². The molecule has 0 bridgehead atoms. The Hall–Kier alpha value is -2.35. The average molecular weight is 412 g/mol. The molecule has 1 atom stereocenters. The Labute approximate surface area is 175 Å². The van der Waals surface area contributed by atoms with Gasteiger partial charge in [-0.05, 0) is 23.3 Å². The zero-order valence-corrected chi connectivity index (χ0v) is 17.0. The first-order valence-electron chi connectivity index (χ1n) is 9.88. The molecule has 6 nitrogen and oxygen atoms in total. The molecule has 0 aromatic heterocycles. The van der Waals surface area contributed by atoms with Gasteiger partial charge in [0, 0.05) is 37.5 Å². The van der Waals surface area contributed by atoms with E-state index in [9.17, 15) is 9.59 Å². The van der Waals surface area contributed by atoms with Gasteiger partial charge in [-0.15, -0.1) is 11.8 Å². The fourth-order valence-corrected chi connectivity index (χ4v) is 4.63. The van der Waals surface area contributed by atoms with E-state index in [4.69, 9.17) is 4.74 Å². The van der Waals surface area contributed by atoms with Crippen LogP contribution in [0.2, 0.25) is 0 Å². The fraction of sp³-hybridized carbons (Fsp3) is 0.364. The van der Waals surface area contributed by atoms with E-state index in [1.165, 1.54) is 17.3 Å². The molecule has 2 aliphatic rings. The van der Waals surface area contributed by atoms with Crippen LogP contribution in [0.1, 0.15) is 17.5 Å². The minimum Gasteiger partial charge on any atom is -0.379 e. The van der Waals surface area contributed by atoms with Crippen molar-refractivity contribution in [1.82, 2.24) is 10.2 Å². The van der Waals surface area contributed by atoms with Crippen molar-refractivity contribution < 1.29 is 14.3 Å². The largest absolute Gasteiger partial charge is 0.379 e. The number of nitrogens with zero attached hydrogens (tertiary/aromatic N) is 1. The summed E-state index contributed by atoms with van der Waals surface area (Å²) in [5, 5.41) is 5.43. The summed E-state index contributed by atoms with van der Waals surface area (Å²) in [6, 6.07) is 15.9. The third-order valence-electron chi connectivity index (χ3n) is 5.07. The molecular formula is C22H25N3O3S. The molecule has 7 heteroatoms. The van der Waals surface area contributed by atoms with Crippen LogP contribution >= 0.6 is 11.8 Å². The predicted molar refractivity (Wildman–Crippen MR) is 114 cm³/mol. The molecule has 0 radical (unpaired) electrons. The number of rotatable bonds is 6. The van der Waals surface area contributed by atoms with Crippen molar-refractivity contribution in [2.45, 2.75) is 29.7 Å². The van der Waals surface area contributed by atoms with Gasteiger partial charge in [-0.1, -0.05) is 36.4 Å². The highest BCUT2D eigenvalue weighted by Gasteiger charge is 2.28. The third-order valence-corrected chi connectivity index (χ3v) is 6.34. The van der Waals surface area contributed by atoms with Gasteiger partial charge in [0.15, 0.2) is 0 Å². The second-order valence-corrected chi connectivity index (χ2v) is 8.53. The second kappa shape index (κ2) is 9.43. The van der Waals surface area contributed by atoms with E-state index in [-0.39, 0.29) is 18.2 Å². The zero-order chi connectivity index (χ0) is 20.1. The molecule has 0 spiro atoms. The number of anilines is 1. The molecule has 152 valence electrons. The summed E-state index contributed by atoms with van der Waals surface area (Å²) >= 11 is 1.45. The van der Waals surface area contributed by atoms with Gasteiger partial charge < -0.3 is 15.4 Å². The molecule has 2 amide bonds. The van der Waals surface area contributed by atoms with Crippen LogP contribution in [0.15, 0.2) is 53.4 Å². The summed E-state index contributed by atoms with van der Waals surface area (Å²) in [5.41, 5.74) is 3.11. The molecule has 2 aliphatic heterocycles. The summed E-state index contributed by atoms with van der Waals surface area (Å²) in [4.78, 5) is 28.1. The fourth-order valence-electron chi connectivity index (χ4n) is 3.52. The van der Waals surface area contributed by atoms with Gasteiger partial charge in [-0.2, -0.15) is 0 Å². The Morgan fingerprint density at radius 3 is 2.79 bits per heavy atom. The number of morpholine rings is 1. The first-order chi connectivity index (χ1) is 14.2. The Morgan fingerprint density at radius 1 is 1.14 bits per heavy atom. The Kier molecular flexibility index (Phi) is 6.49. The van der Waals surface area contributed by atoms with Crippen molar-refractivity contribution in [1.29, 1.82) is 0 Å². The lowest BCUT2D eigenvalue weighted by atomic mass is 10.1. The maximum absolute atomic E-state index is 12.4. The number of ether oxygens (including phenoxy) is 1. The molecule has 29 heavy (non-hydrogen) atoms. The normalized spacial score (nSPS) is 19.3. The van der Waals surface area contributed by atoms with E-state index in [0.29, 0.717) is 6.54 Å². The molecule has 0 aliphatic carbocycles. The molecule has 2 aromatic carbocycles. The average Bonchev–Trinajstić information content (AvgIpc) is 2.74. The van der Waals surface area contributed by atoms with Crippen LogP contribution in [0.4, 0.5) is 5.69 Å². The number of nitrogens with one attached hydrogen (secondary N) is 2. The lowest BCUT2D eigenvalue weighted by Crippen LogP contribution is -2.35. The predicted octanol–water partition coefficient (Wildman–Crippen LogP) is 2.64. The van der Waals surface area contributed by atoms with E-state index < -0.39 is 5.25 Å². The van der Waals surface area contributed by atoms with Crippen LogP contribution in [-0.4, -0.2) is 48.3 Å². The van der Waals surface area contributed by atoms with E-state index in [1.807, 2.05) is 36.4 Å². The van der Waals surface area contributed by atoms with E-state index in [1.54, 1.807) is 0 Å². The first kappa shape index (κ1) is 19.9. The minimum absolute atomic E-state index is 0.114. The van der Waals surface area contributed by atoms with Crippen LogP contribution in [0.5, 0.6) is 0 Å². The molecule has 0 saturated carbocycles. The summed E-state index contributed by atoms with van der Waals surface area (Å²) in [7, 11) is 0. The number of fused-ring (bicyclic) bond motifs is 1.